The van der Waals surface area contributed by atoms with Gasteiger partial charge in [-0.3, -0.25) is 10.6 Å². The highest BCUT2D eigenvalue weighted by atomic mass is 16.5. The van der Waals surface area contributed by atoms with Crippen LogP contribution in [0.4, 0.5) is 0 Å². The van der Waals surface area contributed by atoms with Gasteiger partial charge >= 0.3 is 0 Å². The van der Waals surface area contributed by atoms with Crippen LogP contribution in [0, 0.1) is 11.8 Å². The molecule has 5 N–H and O–H groups in total. The lowest BCUT2D eigenvalue weighted by Gasteiger charge is -2.38. The number of hydrogen-bond donors (Lipinski definition) is 3. The molecule has 0 spiro atoms. The first-order valence-electron chi connectivity index (χ1n) is 8.66. The Balaban J connectivity index is 1.42. The van der Waals surface area contributed by atoms with Gasteiger partial charge in [-0.1, -0.05) is 18.2 Å². The number of hydrogen-bond acceptors (Lipinski definition) is 5. The van der Waals surface area contributed by atoms with Gasteiger partial charge in [-0.25, -0.2) is 5.01 Å². The van der Waals surface area contributed by atoms with Crippen LogP contribution in [0.3, 0.4) is 0 Å². The predicted molar refractivity (Wildman–Crippen MR) is 91.1 cm³/mol. The number of nitrogens with one attached hydrogen (secondary N) is 1. The monoisotopic (exact) mass is 330 g/mol. The number of piperidine rings is 1. The van der Waals surface area contributed by atoms with Gasteiger partial charge in [-0.05, 0) is 38.3 Å². The number of hydrazine groups is 1. The summed E-state index contributed by atoms with van der Waals surface area (Å²) in [4.78, 5) is 12.7. The lowest BCUT2D eigenvalue weighted by atomic mass is 9.89. The molecular formula is C18H26N4O2. The van der Waals surface area contributed by atoms with E-state index < -0.39 is 11.1 Å². The Morgan fingerprint density at radius 1 is 1.42 bits per heavy atom. The second kappa shape index (κ2) is 5.18. The van der Waals surface area contributed by atoms with E-state index in [1.807, 2.05) is 32.0 Å². The van der Waals surface area contributed by atoms with Crippen molar-refractivity contribution < 1.29 is 9.53 Å². The summed E-state index contributed by atoms with van der Waals surface area (Å²) in [5.41, 5.74) is 6.67. The van der Waals surface area contributed by atoms with Crippen LogP contribution >= 0.6 is 0 Å². The second-order valence-electron chi connectivity index (χ2n) is 8.09. The minimum Gasteiger partial charge on any atom is -0.488 e. The van der Waals surface area contributed by atoms with Crippen LogP contribution in [0.2, 0.25) is 0 Å². The molecule has 0 aromatic heterocycles. The van der Waals surface area contributed by atoms with E-state index in [1.54, 1.807) is 5.01 Å². The van der Waals surface area contributed by atoms with Crippen LogP contribution in [0.1, 0.15) is 25.8 Å². The summed E-state index contributed by atoms with van der Waals surface area (Å²) < 4.78 is 6.16. The first kappa shape index (κ1) is 15.9. The highest BCUT2D eigenvalue weighted by Crippen LogP contribution is 2.53. The molecule has 2 fully saturated rings. The number of ether oxygens (including phenoxy) is 1. The molecule has 1 aliphatic carbocycles. The van der Waals surface area contributed by atoms with Crippen molar-refractivity contribution in [1.82, 2.24) is 10.3 Å². The van der Waals surface area contributed by atoms with Gasteiger partial charge in [0.2, 0.25) is 5.91 Å². The number of aryl methyl sites for hydroxylation is 1. The van der Waals surface area contributed by atoms with E-state index in [0.29, 0.717) is 13.1 Å². The number of nitrogens with two attached hydrogens (primary N) is 2. The molecule has 4 atom stereocenters. The highest BCUT2D eigenvalue weighted by molar-refractivity contribution is 5.85. The highest BCUT2D eigenvalue weighted by Gasteiger charge is 2.70. The van der Waals surface area contributed by atoms with Crippen LogP contribution < -0.4 is 21.6 Å². The van der Waals surface area contributed by atoms with E-state index in [1.165, 1.54) is 5.56 Å². The number of rotatable bonds is 3. The van der Waals surface area contributed by atoms with Crippen molar-refractivity contribution in [1.29, 1.82) is 0 Å². The molecule has 1 amide bonds. The maximum absolute atomic E-state index is 12.7. The smallest absolute Gasteiger partial charge is 0.225 e. The molecule has 4 rings (SSSR count). The Morgan fingerprint density at radius 2 is 2.17 bits per heavy atom. The third-order valence-corrected chi connectivity index (χ3v) is 5.92. The lowest BCUT2D eigenvalue weighted by molar-refractivity contribution is -0.126. The zero-order valence-electron chi connectivity index (χ0n) is 14.3. The van der Waals surface area contributed by atoms with Crippen molar-refractivity contribution in [3.8, 4) is 5.75 Å². The molecule has 0 bridgehead atoms. The third-order valence-electron chi connectivity index (χ3n) is 5.92. The summed E-state index contributed by atoms with van der Waals surface area (Å²) in [7, 11) is 0. The average Bonchev–Trinajstić information content (AvgIpc) is 2.95. The fourth-order valence-corrected chi connectivity index (χ4v) is 4.44. The fourth-order valence-electron chi connectivity index (χ4n) is 4.44. The van der Waals surface area contributed by atoms with Gasteiger partial charge < -0.3 is 15.8 Å². The molecule has 2 aliphatic heterocycles. The van der Waals surface area contributed by atoms with Crippen molar-refractivity contribution in [2.45, 2.75) is 43.9 Å². The molecule has 1 saturated heterocycles. The zero-order valence-corrected chi connectivity index (χ0v) is 14.3. The first-order chi connectivity index (χ1) is 11.3. The van der Waals surface area contributed by atoms with Gasteiger partial charge in [0.15, 0.2) is 0 Å². The maximum atomic E-state index is 12.7. The molecule has 1 unspecified atom stereocenters. The number of benzene rings is 1. The molecule has 2 heterocycles. The average molecular weight is 330 g/mol. The molecular weight excluding hydrogens is 304 g/mol. The Morgan fingerprint density at radius 3 is 2.88 bits per heavy atom. The first-order valence-corrected chi connectivity index (χ1v) is 8.66. The minimum atomic E-state index is -0.449. The summed E-state index contributed by atoms with van der Waals surface area (Å²) in [6, 6.07) is 8.10. The van der Waals surface area contributed by atoms with E-state index in [-0.39, 0.29) is 23.8 Å². The minimum absolute atomic E-state index is 0.0306. The molecule has 1 saturated carbocycles. The van der Waals surface area contributed by atoms with Crippen molar-refractivity contribution >= 4 is 5.91 Å². The number of carbonyl (C=O) groups excluding carboxylic acids is 1. The molecule has 0 radical (unpaired) electrons. The number of para-hydroxylation sites is 1. The van der Waals surface area contributed by atoms with E-state index in [2.05, 4.69) is 11.4 Å². The SMILES string of the molecule is CC(C)(NC(=O)[C@@H]1[C@H]2CN(N)C[C@]21N)C1CCc2ccccc2O1. The van der Waals surface area contributed by atoms with Crippen LogP contribution in [0.25, 0.3) is 0 Å². The molecule has 3 aliphatic rings. The quantitative estimate of drug-likeness (QED) is 0.698. The van der Waals surface area contributed by atoms with E-state index in [0.717, 1.165) is 18.6 Å². The molecule has 24 heavy (non-hydrogen) atoms. The number of fused-ring (bicyclic) bond motifs is 2. The zero-order chi connectivity index (χ0) is 17.1. The van der Waals surface area contributed by atoms with Gasteiger partial charge in [0.25, 0.3) is 0 Å². The Kier molecular flexibility index (Phi) is 3.43. The van der Waals surface area contributed by atoms with Gasteiger partial charge in [0.05, 0.1) is 11.5 Å². The normalized spacial score (nSPS) is 34.9. The van der Waals surface area contributed by atoms with Gasteiger partial charge in [0, 0.05) is 24.5 Å². The third kappa shape index (κ3) is 2.41. The largest absolute Gasteiger partial charge is 0.488 e. The van der Waals surface area contributed by atoms with E-state index in [4.69, 9.17) is 16.3 Å². The Labute approximate surface area is 142 Å². The van der Waals surface area contributed by atoms with Crippen molar-refractivity contribution in [2.75, 3.05) is 13.1 Å². The van der Waals surface area contributed by atoms with E-state index in [9.17, 15) is 4.79 Å². The van der Waals surface area contributed by atoms with E-state index >= 15 is 0 Å². The van der Waals surface area contributed by atoms with Crippen LogP contribution in [-0.4, -0.2) is 41.2 Å². The summed E-state index contributed by atoms with van der Waals surface area (Å²) in [5, 5.41) is 4.89. The Hall–Kier alpha value is -1.63. The van der Waals surface area contributed by atoms with Crippen LogP contribution in [-0.2, 0) is 11.2 Å². The molecule has 1 aromatic carbocycles. The number of amides is 1. The van der Waals surface area contributed by atoms with Crippen molar-refractivity contribution in [3.63, 3.8) is 0 Å². The Bertz CT molecular complexity index is 677. The van der Waals surface area contributed by atoms with Gasteiger partial charge in [-0.2, -0.15) is 0 Å². The number of carbonyl (C=O) groups is 1. The molecule has 6 heteroatoms. The second-order valence-corrected chi connectivity index (χ2v) is 8.09. The number of nitrogens with zero attached hydrogens (tertiary/aromatic N) is 1. The maximum Gasteiger partial charge on any atom is 0.225 e. The van der Waals surface area contributed by atoms with Gasteiger partial charge in [0.1, 0.15) is 11.9 Å². The van der Waals surface area contributed by atoms with Crippen LogP contribution in [0.15, 0.2) is 24.3 Å². The summed E-state index contributed by atoms with van der Waals surface area (Å²) >= 11 is 0. The summed E-state index contributed by atoms with van der Waals surface area (Å²) in [6.07, 6.45) is 1.81. The molecule has 1 aromatic rings. The molecule has 6 nitrogen and oxygen atoms in total. The van der Waals surface area contributed by atoms with Crippen LogP contribution in [0.5, 0.6) is 5.75 Å². The summed E-state index contributed by atoms with van der Waals surface area (Å²) in [6.45, 7) is 5.34. The predicted octanol–water partition coefficient (Wildman–Crippen LogP) is 0.408. The van der Waals surface area contributed by atoms with Gasteiger partial charge in [-0.15, -0.1) is 0 Å². The fraction of sp³-hybridized carbons (Fsp3) is 0.611. The van der Waals surface area contributed by atoms with Crippen molar-refractivity contribution in [2.24, 2.45) is 23.4 Å². The summed E-state index contributed by atoms with van der Waals surface area (Å²) in [5.74, 6) is 6.79. The molecule has 130 valence electrons. The lowest BCUT2D eigenvalue weighted by Crippen LogP contribution is -2.57. The standard InChI is InChI=1S/C18H26N4O2/c1-17(2,14-8-7-11-5-3-4-6-13(11)24-14)21-16(23)15-12-9-22(20)10-18(12,15)19/h3-6,12,14-15H,7-10,19-20H2,1-2H3,(H,21,23)/t12-,14?,15+,18+/m1/s1. The van der Waals surface area contributed by atoms with Crippen molar-refractivity contribution in [3.05, 3.63) is 29.8 Å². The topological polar surface area (TPSA) is 93.6 Å².